The summed E-state index contributed by atoms with van der Waals surface area (Å²) in [6.07, 6.45) is 7.23. The van der Waals surface area contributed by atoms with Gasteiger partial charge in [-0.1, -0.05) is 6.42 Å². The normalized spacial score (nSPS) is 17.0. The Balaban J connectivity index is 1.87. The van der Waals surface area contributed by atoms with Crippen LogP contribution in [0.3, 0.4) is 0 Å². The minimum absolute atomic E-state index is 0.0307. The largest absolute Gasteiger partial charge is 0.342 e. The number of amides is 2. The monoisotopic (exact) mass is 304 g/mol. The van der Waals surface area contributed by atoms with Crippen LogP contribution in [0.15, 0.2) is 18.6 Å². The van der Waals surface area contributed by atoms with Gasteiger partial charge in [0.25, 0.3) is 0 Å². The highest BCUT2D eigenvalue weighted by atomic mass is 16.2. The average Bonchev–Trinajstić information content (AvgIpc) is 2.76. The standard InChI is InChI=1S/C16H24N4O2/c1-13(14-7-9-17-12-18-14)19(2)15(21)8-11-20-10-5-3-4-6-16(20)22/h7,9,12-13H,3-6,8,10-11H2,1-2H3. The first-order chi connectivity index (χ1) is 10.6. The van der Waals surface area contributed by atoms with Crippen molar-refractivity contribution in [3.63, 3.8) is 0 Å². The molecule has 1 aromatic heterocycles. The molecule has 2 amide bonds. The highest BCUT2D eigenvalue weighted by Gasteiger charge is 2.21. The van der Waals surface area contributed by atoms with Gasteiger partial charge in [0.05, 0.1) is 11.7 Å². The van der Waals surface area contributed by atoms with Crippen molar-refractivity contribution < 1.29 is 9.59 Å². The minimum atomic E-state index is -0.102. The van der Waals surface area contributed by atoms with Gasteiger partial charge in [-0.05, 0) is 25.8 Å². The first-order valence-corrected chi connectivity index (χ1v) is 7.89. The van der Waals surface area contributed by atoms with Gasteiger partial charge in [-0.2, -0.15) is 0 Å². The van der Waals surface area contributed by atoms with Crippen LogP contribution in [0.1, 0.15) is 50.8 Å². The van der Waals surface area contributed by atoms with Crippen molar-refractivity contribution in [2.45, 2.75) is 45.1 Å². The van der Waals surface area contributed by atoms with E-state index in [1.807, 2.05) is 17.9 Å². The molecule has 0 bridgehead atoms. The summed E-state index contributed by atoms with van der Waals surface area (Å²) >= 11 is 0. The van der Waals surface area contributed by atoms with Gasteiger partial charge in [0.2, 0.25) is 11.8 Å². The van der Waals surface area contributed by atoms with Gasteiger partial charge in [-0.15, -0.1) is 0 Å². The first-order valence-electron chi connectivity index (χ1n) is 7.89. The number of nitrogens with zero attached hydrogens (tertiary/aromatic N) is 4. The third-order valence-electron chi connectivity index (χ3n) is 4.27. The fourth-order valence-electron chi connectivity index (χ4n) is 2.64. The topological polar surface area (TPSA) is 66.4 Å². The minimum Gasteiger partial charge on any atom is -0.342 e. The molecular formula is C16H24N4O2. The Labute approximate surface area is 131 Å². The molecule has 120 valence electrons. The van der Waals surface area contributed by atoms with Crippen LogP contribution in [0.4, 0.5) is 0 Å². The van der Waals surface area contributed by atoms with Gasteiger partial charge in [-0.3, -0.25) is 9.59 Å². The second kappa shape index (κ2) is 7.87. The zero-order valence-electron chi connectivity index (χ0n) is 13.4. The van der Waals surface area contributed by atoms with E-state index in [0.717, 1.165) is 31.5 Å². The summed E-state index contributed by atoms with van der Waals surface area (Å²) in [7, 11) is 1.78. The molecule has 1 atom stereocenters. The lowest BCUT2D eigenvalue weighted by molar-refractivity contribution is -0.134. The molecule has 6 heteroatoms. The smallest absolute Gasteiger partial charge is 0.224 e. The summed E-state index contributed by atoms with van der Waals surface area (Å²) in [5.74, 6) is 0.208. The fraction of sp³-hybridized carbons (Fsp3) is 0.625. The van der Waals surface area contributed by atoms with Crippen LogP contribution in [-0.4, -0.2) is 51.7 Å². The molecule has 1 unspecified atom stereocenters. The van der Waals surface area contributed by atoms with E-state index in [9.17, 15) is 9.59 Å². The van der Waals surface area contributed by atoms with Gasteiger partial charge in [0.1, 0.15) is 6.33 Å². The lowest BCUT2D eigenvalue weighted by Gasteiger charge is -2.26. The SMILES string of the molecule is CC(c1ccncn1)N(C)C(=O)CCN1CCCCCC1=O. The molecule has 0 radical (unpaired) electrons. The summed E-state index contributed by atoms with van der Waals surface area (Å²) < 4.78 is 0. The van der Waals surface area contributed by atoms with E-state index >= 15 is 0 Å². The van der Waals surface area contributed by atoms with Crippen LogP contribution < -0.4 is 0 Å². The number of rotatable bonds is 5. The zero-order chi connectivity index (χ0) is 15.9. The number of aromatic nitrogens is 2. The highest BCUT2D eigenvalue weighted by Crippen LogP contribution is 2.17. The molecule has 0 saturated carbocycles. The van der Waals surface area contributed by atoms with Crippen molar-refractivity contribution in [2.75, 3.05) is 20.1 Å². The lowest BCUT2D eigenvalue weighted by atomic mass is 10.2. The Morgan fingerprint density at radius 1 is 1.41 bits per heavy atom. The quantitative estimate of drug-likeness (QED) is 0.832. The molecule has 2 heterocycles. The number of likely N-dealkylation sites (tertiary alicyclic amines) is 1. The third-order valence-corrected chi connectivity index (χ3v) is 4.27. The van der Waals surface area contributed by atoms with Crippen LogP contribution in [0.5, 0.6) is 0 Å². The van der Waals surface area contributed by atoms with Gasteiger partial charge in [-0.25, -0.2) is 9.97 Å². The van der Waals surface area contributed by atoms with Gasteiger partial charge in [0, 0.05) is 39.2 Å². The number of carbonyl (C=O) groups excluding carboxylic acids is 2. The Bertz CT molecular complexity index is 506. The molecule has 1 aliphatic heterocycles. The van der Waals surface area contributed by atoms with Crippen molar-refractivity contribution >= 4 is 11.8 Å². The number of carbonyl (C=O) groups is 2. The Kier molecular flexibility index (Phi) is 5.86. The Hall–Kier alpha value is -1.98. The van der Waals surface area contributed by atoms with Gasteiger partial charge >= 0.3 is 0 Å². The van der Waals surface area contributed by atoms with E-state index in [2.05, 4.69) is 9.97 Å². The summed E-state index contributed by atoms with van der Waals surface area (Å²) in [5.41, 5.74) is 0.816. The van der Waals surface area contributed by atoms with Crippen LogP contribution in [-0.2, 0) is 9.59 Å². The first kappa shape index (κ1) is 16.4. The van der Waals surface area contributed by atoms with Crippen molar-refractivity contribution in [3.05, 3.63) is 24.3 Å². The van der Waals surface area contributed by atoms with Crippen LogP contribution in [0.25, 0.3) is 0 Å². The summed E-state index contributed by atoms with van der Waals surface area (Å²) in [6, 6.07) is 1.71. The van der Waals surface area contributed by atoms with Crippen molar-refractivity contribution in [2.24, 2.45) is 0 Å². The molecule has 1 fully saturated rings. The molecule has 6 nitrogen and oxygen atoms in total. The Morgan fingerprint density at radius 2 is 2.23 bits per heavy atom. The molecule has 2 rings (SSSR count). The van der Waals surface area contributed by atoms with Crippen LogP contribution in [0.2, 0.25) is 0 Å². The summed E-state index contributed by atoms with van der Waals surface area (Å²) in [4.78, 5) is 35.9. The molecule has 1 aliphatic rings. The molecule has 0 N–H and O–H groups in total. The number of hydrogen-bond acceptors (Lipinski definition) is 4. The molecule has 0 aliphatic carbocycles. The van der Waals surface area contributed by atoms with E-state index < -0.39 is 0 Å². The van der Waals surface area contributed by atoms with E-state index in [4.69, 9.17) is 0 Å². The molecule has 0 aromatic carbocycles. The third kappa shape index (κ3) is 4.26. The maximum absolute atomic E-state index is 12.3. The zero-order valence-corrected chi connectivity index (χ0v) is 13.4. The van der Waals surface area contributed by atoms with Gasteiger partial charge < -0.3 is 9.80 Å². The van der Waals surface area contributed by atoms with Crippen LogP contribution >= 0.6 is 0 Å². The second-order valence-electron chi connectivity index (χ2n) is 5.76. The van der Waals surface area contributed by atoms with Crippen molar-refractivity contribution in [1.82, 2.24) is 19.8 Å². The lowest BCUT2D eigenvalue weighted by Crippen LogP contribution is -2.36. The molecule has 1 aromatic rings. The molecule has 1 saturated heterocycles. The predicted molar refractivity (Wildman–Crippen MR) is 82.9 cm³/mol. The maximum Gasteiger partial charge on any atom is 0.224 e. The fourth-order valence-corrected chi connectivity index (χ4v) is 2.64. The molecule has 0 spiro atoms. The Morgan fingerprint density at radius 3 is 2.95 bits per heavy atom. The van der Waals surface area contributed by atoms with E-state index in [0.29, 0.717) is 19.4 Å². The van der Waals surface area contributed by atoms with Crippen molar-refractivity contribution in [1.29, 1.82) is 0 Å². The second-order valence-corrected chi connectivity index (χ2v) is 5.76. The highest BCUT2D eigenvalue weighted by molar-refractivity contribution is 5.79. The van der Waals surface area contributed by atoms with Crippen molar-refractivity contribution in [3.8, 4) is 0 Å². The molecule has 22 heavy (non-hydrogen) atoms. The predicted octanol–water partition coefficient (Wildman–Crippen LogP) is 1.79. The number of hydrogen-bond donors (Lipinski definition) is 0. The van der Waals surface area contributed by atoms with Gasteiger partial charge in [0.15, 0.2) is 0 Å². The van der Waals surface area contributed by atoms with Crippen LogP contribution in [0, 0.1) is 0 Å². The summed E-state index contributed by atoms with van der Waals surface area (Å²) in [6.45, 7) is 3.23. The average molecular weight is 304 g/mol. The summed E-state index contributed by atoms with van der Waals surface area (Å²) in [5, 5.41) is 0. The van der Waals surface area contributed by atoms with E-state index in [-0.39, 0.29) is 17.9 Å². The van der Waals surface area contributed by atoms with E-state index in [1.54, 1.807) is 18.1 Å². The molecular weight excluding hydrogens is 280 g/mol. The van der Waals surface area contributed by atoms with E-state index in [1.165, 1.54) is 6.33 Å². The maximum atomic E-state index is 12.3.